The number of fused-ring (bicyclic) bond motifs is 1. The summed E-state index contributed by atoms with van der Waals surface area (Å²) in [6.07, 6.45) is 10.1. The molecule has 1 atom stereocenters. The van der Waals surface area contributed by atoms with Gasteiger partial charge in [-0.05, 0) is 70.0 Å². The van der Waals surface area contributed by atoms with E-state index in [-0.39, 0.29) is 40.8 Å². The Morgan fingerprint density at radius 2 is 1.71 bits per heavy atom. The van der Waals surface area contributed by atoms with Crippen molar-refractivity contribution in [3.05, 3.63) is 41.4 Å². The largest absolute Gasteiger partial charge is 0.379 e. The van der Waals surface area contributed by atoms with Gasteiger partial charge in [0.1, 0.15) is 11.0 Å². The van der Waals surface area contributed by atoms with E-state index < -0.39 is 6.03 Å². The molecule has 0 spiro atoms. The van der Waals surface area contributed by atoms with E-state index >= 15 is 0 Å². The van der Waals surface area contributed by atoms with Gasteiger partial charge in [-0.2, -0.15) is 0 Å². The van der Waals surface area contributed by atoms with Crippen LogP contribution in [0.1, 0.15) is 61.9 Å². The number of nitrogens with one attached hydrogen (secondary N) is 6. The van der Waals surface area contributed by atoms with Crippen molar-refractivity contribution < 1.29 is 14.4 Å². The summed E-state index contributed by atoms with van der Waals surface area (Å²) in [6, 6.07) is 4.95. The van der Waals surface area contributed by atoms with E-state index in [9.17, 15) is 14.4 Å². The van der Waals surface area contributed by atoms with Crippen LogP contribution in [0.4, 0.5) is 22.0 Å². The summed E-state index contributed by atoms with van der Waals surface area (Å²) in [5.41, 5.74) is 2.19. The number of hydrogen-bond donors (Lipinski definition) is 6. The third-order valence-corrected chi connectivity index (χ3v) is 7.86. The summed E-state index contributed by atoms with van der Waals surface area (Å²) in [7, 11) is 0. The molecule has 41 heavy (non-hydrogen) atoms. The zero-order valence-corrected chi connectivity index (χ0v) is 23.2. The average Bonchev–Trinajstić information content (AvgIpc) is 3.40. The summed E-state index contributed by atoms with van der Waals surface area (Å²) in [4.78, 5) is 46.1. The van der Waals surface area contributed by atoms with Crippen LogP contribution in [0, 0.1) is 0 Å². The molecule has 1 saturated heterocycles. The molecule has 13 nitrogen and oxygen atoms in total. The van der Waals surface area contributed by atoms with Crippen LogP contribution >= 0.6 is 11.6 Å². The highest BCUT2D eigenvalue weighted by molar-refractivity contribution is 6.29. The highest BCUT2D eigenvalue weighted by Crippen LogP contribution is 2.30. The normalized spacial score (nSPS) is 22.2. The van der Waals surface area contributed by atoms with Gasteiger partial charge >= 0.3 is 6.03 Å². The smallest absolute Gasteiger partial charge is 0.321 e. The molecule has 0 bridgehead atoms. The highest BCUT2D eigenvalue weighted by atomic mass is 35.5. The number of anilines is 3. The number of imidazole rings is 1. The molecule has 3 aromatic rings. The van der Waals surface area contributed by atoms with Gasteiger partial charge in [0, 0.05) is 36.1 Å². The van der Waals surface area contributed by atoms with Crippen molar-refractivity contribution in [2.75, 3.05) is 22.5 Å². The number of urea groups is 1. The minimum absolute atomic E-state index is 0.00874. The second-order valence-electron chi connectivity index (χ2n) is 10.9. The summed E-state index contributed by atoms with van der Waals surface area (Å²) in [6.45, 7) is 0.799. The van der Waals surface area contributed by atoms with Crippen molar-refractivity contribution in [2.45, 2.75) is 75.5 Å². The summed E-state index contributed by atoms with van der Waals surface area (Å²) >= 11 is 5.97. The number of aromatic nitrogens is 4. The number of carbonyl (C=O) groups excluding carboxylic acids is 3. The zero-order chi connectivity index (χ0) is 28.3. The molecule has 3 aromatic heterocycles. The fraction of sp³-hybridized carbons (Fsp3) is 0.481. The molecule has 3 fully saturated rings. The van der Waals surface area contributed by atoms with Crippen molar-refractivity contribution in [2.24, 2.45) is 0 Å². The number of hydrogen-bond acceptors (Lipinski definition) is 9. The standard InChI is InChI=1S/C27H33ClN10O3/c28-22-12-18(9-11-30-22)34-26(40)21-14-31-24-20(32-15-3-4-15)13-23(37-38(21)24)33-16-5-7-17(8-6-16)35-27(41)36-25(39)19-2-1-10-29-19/h9,11-17,19,29,32H,1-8,10H2,(H,33,37)(H,30,34,40)(H2,35,36,39,41)/t16?,17?,19-/m1/s1. The number of pyridine rings is 1. The van der Waals surface area contributed by atoms with Gasteiger partial charge in [0.05, 0.1) is 17.9 Å². The van der Waals surface area contributed by atoms with Crippen molar-refractivity contribution in [1.82, 2.24) is 35.5 Å². The van der Waals surface area contributed by atoms with Crippen LogP contribution in [-0.4, -0.2) is 68.1 Å². The average molecular weight is 581 g/mol. The topological polar surface area (TPSA) is 166 Å². The van der Waals surface area contributed by atoms with E-state index in [1.807, 2.05) is 6.07 Å². The first kappa shape index (κ1) is 27.2. The molecule has 216 valence electrons. The van der Waals surface area contributed by atoms with Gasteiger partial charge < -0.3 is 26.6 Å². The van der Waals surface area contributed by atoms with Crippen LogP contribution in [0.2, 0.25) is 5.15 Å². The Balaban J connectivity index is 1.10. The van der Waals surface area contributed by atoms with Crippen LogP contribution < -0.4 is 31.9 Å². The fourth-order valence-electron chi connectivity index (χ4n) is 5.34. The SMILES string of the molecule is O=C(NC(=O)[C@H]1CCCN1)NC1CCC(Nc2cc(NC3CC3)c3ncc(C(=O)Nc4ccnc(Cl)c4)n3n2)CC1. The monoisotopic (exact) mass is 580 g/mol. The van der Waals surface area contributed by atoms with Gasteiger partial charge in [0.2, 0.25) is 5.91 Å². The van der Waals surface area contributed by atoms with Crippen LogP contribution in [0.15, 0.2) is 30.6 Å². The van der Waals surface area contributed by atoms with E-state index in [4.69, 9.17) is 16.7 Å². The Morgan fingerprint density at radius 3 is 2.44 bits per heavy atom. The minimum Gasteiger partial charge on any atom is -0.379 e. The number of imide groups is 1. The maximum atomic E-state index is 13.1. The van der Waals surface area contributed by atoms with E-state index in [2.05, 4.69) is 41.9 Å². The maximum absolute atomic E-state index is 13.1. The van der Waals surface area contributed by atoms with Gasteiger partial charge in [-0.3, -0.25) is 14.9 Å². The Morgan fingerprint density at radius 1 is 0.951 bits per heavy atom. The Labute approximate surface area is 241 Å². The maximum Gasteiger partial charge on any atom is 0.321 e. The van der Waals surface area contributed by atoms with Crippen molar-refractivity contribution in [1.29, 1.82) is 0 Å². The number of amides is 4. The summed E-state index contributed by atoms with van der Waals surface area (Å²) in [5.74, 6) is -0.0122. The van der Waals surface area contributed by atoms with Crippen molar-refractivity contribution in [3.63, 3.8) is 0 Å². The van der Waals surface area contributed by atoms with E-state index in [1.165, 1.54) is 12.4 Å². The molecule has 4 amide bonds. The molecule has 0 unspecified atom stereocenters. The van der Waals surface area contributed by atoms with Crippen LogP contribution in [0.5, 0.6) is 0 Å². The van der Waals surface area contributed by atoms with Gasteiger partial charge in [0.25, 0.3) is 5.91 Å². The van der Waals surface area contributed by atoms with Gasteiger partial charge in [0.15, 0.2) is 11.3 Å². The lowest BCUT2D eigenvalue weighted by molar-refractivity contribution is -0.121. The minimum atomic E-state index is -0.442. The molecule has 6 rings (SSSR count). The molecule has 0 aromatic carbocycles. The molecule has 2 aliphatic carbocycles. The first-order valence-corrected chi connectivity index (χ1v) is 14.5. The number of carbonyl (C=O) groups is 3. The molecule has 1 aliphatic heterocycles. The van der Waals surface area contributed by atoms with Crippen LogP contribution in [0.3, 0.4) is 0 Å². The first-order chi connectivity index (χ1) is 19.9. The summed E-state index contributed by atoms with van der Waals surface area (Å²) in [5, 5.41) is 23.3. The molecule has 6 N–H and O–H groups in total. The van der Waals surface area contributed by atoms with E-state index in [1.54, 1.807) is 16.6 Å². The predicted molar refractivity (Wildman–Crippen MR) is 154 cm³/mol. The Bertz CT molecular complexity index is 1440. The zero-order valence-electron chi connectivity index (χ0n) is 22.5. The van der Waals surface area contributed by atoms with E-state index in [0.717, 1.165) is 63.6 Å². The van der Waals surface area contributed by atoms with E-state index in [0.29, 0.717) is 23.2 Å². The van der Waals surface area contributed by atoms with Crippen molar-refractivity contribution >= 4 is 52.3 Å². The third-order valence-electron chi connectivity index (χ3n) is 7.65. The predicted octanol–water partition coefficient (Wildman–Crippen LogP) is 2.91. The summed E-state index contributed by atoms with van der Waals surface area (Å²) < 4.78 is 1.55. The van der Waals surface area contributed by atoms with Crippen LogP contribution in [-0.2, 0) is 4.79 Å². The molecule has 0 radical (unpaired) electrons. The lowest BCUT2D eigenvalue weighted by Crippen LogP contribution is -2.50. The molecule has 3 aliphatic rings. The third kappa shape index (κ3) is 6.68. The lowest BCUT2D eigenvalue weighted by Gasteiger charge is -2.30. The number of nitrogens with zero attached hydrogens (tertiary/aromatic N) is 4. The Kier molecular flexibility index (Phi) is 7.88. The molecule has 2 saturated carbocycles. The van der Waals surface area contributed by atoms with Gasteiger partial charge in [-0.25, -0.2) is 19.3 Å². The molecule has 4 heterocycles. The van der Waals surface area contributed by atoms with Crippen LogP contribution in [0.25, 0.3) is 5.65 Å². The van der Waals surface area contributed by atoms with Gasteiger partial charge in [-0.15, -0.1) is 5.10 Å². The second kappa shape index (κ2) is 11.9. The van der Waals surface area contributed by atoms with Crippen molar-refractivity contribution in [3.8, 4) is 0 Å². The highest BCUT2D eigenvalue weighted by Gasteiger charge is 2.28. The number of halogens is 1. The lowest BCUT2D eigenvalue weighted by atomic mass is 9.91. The first-order valence-electron chi connectivity index (χ1n) is 14.1. The second-order valence-corrected chi connectivity index (χ2v) is 11.3. The fourth-order valence-corrected chi connectivity index (χ4v) is 5.52. The quantitative estimate of drug-likeness (QED) is 0.220. The molecular weight excluding hydrogens is 548 g/mol. The molecule has 14 heteroatoms. The Hall–Kier alpha value is -3.97. The van der Waals surface area contributed by atoms with Gasteiger partial charge in [-0.1, -0.05) is 11.6 Å². The number of rotatable bonds is 8. The molecular formula is C27H33ClN10O3.